The lowest BCUT2D eigenvalue weighted by Crippen LogP contribution is -2.52. The van der Waals surface area contributed by atoms with Gasteiger partial charge in [-0.2, -0.15) is 0 Å². The molecule has 1 unspecified atom stereocenters. The lowest BCUT2D eigenvalue weighted by Gasteiger charge is -2.42. The Bertz CT molecular complexity index is 481. The van der Waals surface area contributed by atoms with Crippen LogP contribution in [-0.4, -0.2) is 69.2 Å². The highest BCUT2D eigenvalue weighted by Gasteiger charge is 2.43. The van der Waals surface area contributed by atoms with Gasteiger partial charge in [0.25, 0.3) is 0 Å². The van der Waals surface area contributed by atoms with Crippen molar-refractivity contribution in [1.82, 2.24) is 4.90 Å². The zero-order valence-corrected chi connectivity index (χ0v) is 18.5. The fourth-order valence-corrected chi connectivity index (χ4v) is 2.68. The highest BCUT2D eigenvalue weighted by Crippen LogP contribution is 2.31. The molecule has 1 rings (SSSR count). The average Bonchev–Trinajstić information content (AvgIpc) is 2.65. The standard InChI is InChI=1S/C21H39NO6/c1-7-8-9-10-11-12-18(23)25-13-21(15-27-20(3,4)28-16-21)14-26-19(24)17(2)22(5)6/h17H,7-16H2,1-6H3. The molecule has 0 aliphatic carbocycles. The molecule has 0 bridgehead atoms. The van der Waals surface area contributed by atoms with Crippen molar-refractivity contribution in [2.45, 2.75) is 78.0 Å². The van der Waals surface area contributed by atoms with Crippen molar-refractivity contribution >= 4 is 11.9 Å². The Morgan fingerprint density at radius 2 is 1.57 bits per heavy atom. The van der Waals surface area contributed by atoms with Crippen LogP contribution in [0.2, 0.25) is 0 Å². The molecule has 0 aromatic carbocycles. The smallest absolute Gasteiger partial charge is 0.323 e. The van der Waals surface area contributed by atoms with Crippen LogP contribution in [0.1, 0.15) is 66.2 Å². The van der Waals surface area contributed by atoms with Gasteiger partial charge in [0.05, 0.1) is 18.6 Å². The number of esters is 2. The van der Waals surface area contributed by atoms with Gasteiger partial charge in [0, 0.05) is 6.42 Å². The summed E-state index contributed by atoms with van der Waals surface area (Å²) in [4.78, 5) is 26.1. The van der Waals surface area contributed by atoms with Gasteiger partial charge in [0.2, 0.25) is 0 Å². The number of unbranched alkanes of at least 4 members (excludes halogenated alkanes) is 4. The van der Waals surface area contributed by atoms with E-state index in [1.54, 1.807) is 11.8 Å². The molecule has 1 saturated heterocycles. The van der Waals surface area contributed by atoms with Crippen LogP contribution in [0.3, 0.4) is 0 Å². The van der Waals surface area contributed by atoms with Gasteiger partial charge in [0.15, 0.2) is 5.79 Å². The summed E-state index contributed by atoms with van der Waals surface area (Å²) >= 11 is 0. The first kappa shape index (κ1) is 24.9. The maximum absolute atomic E-state index is 12.2. The molecular weight excluding hydrogens is 362 g/mol. The Kier molecular flexibility index (Phi) is 10.4. The van der Waals surface area contributed by atoms with Crippen molar-refractivity contribution in [1.29, 1.82) is 0 Å². The summed E-state index contributed by atoms with van der Waals surface area (Å²) in [6, 6.07) is -0.357. The maximum atomic E-state index is 12.2. The number of rotatable bonds is 12. The van der Waals surface area contributed by atoms with Crippen LogP contribution in [0, 0.1) is 5.41 Å². The van der Waals surface area contributed by atoms with Gasteiger partial charge in [-0.3, -0.25) is 14.5 Å². The van der Waals surface area contributed by atoms with Crippen molar-refractivity contribution < 1.29 is 28.5 Å². The molecule has 0 radical (unpaired) electrons. The minimum absolute atomic E-state index is 0.0872. The van der Waals surface area contributed by atoms with E-state index in [1.165, 1.54) is 12.8 Å². The van der Waals surface area contributed by atoms with Gasteiger partial charge >= 0.3 is 11.9 Å². The van der Waals surface area contributed by atoms with Crippen LogP contribution in [0.5, 0.6) is 0 Å². The van der Waals surface area contributed by atoms with Crippen molar-refractivity contribution in [2.75, 3.05) is 40.5 Å². The molecule has 7 nitrogen and oxygen atoms in total. The van der Waals surface area contributed by atoms with Crippen LogP contribution >= 0.6 is 0 Å². The monoisotopic (exact) mass is 401 g/mol. The number of hydrogen-bond donors (Lipinski definition) is 0. The van der Waals surface area contributed by atoms with Gasteiger partial charge < -0.3 is 18.9 Å². The molecule has 28 heavy (non-hydrogen) atoms. The highest BCUT2D eigenvalue weighted by atomic mass is 16.7. The minimum Gasteiger partial charge on any atom is -0.465 e. The predicted octanol–water partition coefficient (Wildman–Crippen LogP) is 3.15. The van der Waals surface area contributed by atoms with E-state index in [4.69, 9.17) is 18.9 Å². The predicted molar refractivity (Wildman–Crippen MR) is 107 cm³/mol. The molecular formula is C21H39NO6. The van der Waals surface area contributed by atoms with Crippen molar-refractivity contribution in [3.05, 3.63) is 0 Å². The molecule has 1 aliphatic heterocycles. The molecule has 1 atom stereocenters. The maximum Gasteiger partial charge on any atom is 0.323 e. The van der Waals surface area contributed by atoms with E-state index in [9.17, 15) is 9.59 Å². The van der Waals surface area contributed by atoms with Crippen LogP contribution in [0.25, 0.3) is 0 Å². The second-order valence-electron chi connectivity index (χ2n) is 8.55. The van der Waals surface area contributed by atoms with Crippen molar-refractivity contribution in [3.63, 3.8) is 0 Å². The molecule has 0 saturated carbocycles. The van der Waals surface area contributed by atoms with Crippen molar-refractivity contribution in [2.24, 2.45) is 5.41 Å². The third-order valence-electron chi connectivity index (χ3n) is 5.11. The van der Waals surface area contributed by atoms with Crippen LogP contribution in [0.15, 0.2) is 0 Å². The van der Waals surface area contributed by atoms with E-state index in [-0.39, 0.29) is 31.2 Å². The fourth-order valence-electron chi connectivity index (χ4n) is 2.68. The minimum atomic E-state index is -0.701. The molecule has 0 N–H and O–H groups in total. The van der Waals surface area contributed by atoms with Crippen LogP contribution < -0.4 is 0 Å². The quantitative estimate of drug-likeness (QED) is 0.367. The zero-order chi connectivity index (χ0) is 21.2. The Hall–Kier alpha value is -1.18. The van der Waals surface area contributed by atoms with Crippen LogP contribution in [-0.2, 0) is 28.5 Å². The number of carbonyl (C=O) groups excluding carboxylic acids is 2. The Morgan fingerprint density at radius 1 is 1.00 bits per heavy atom. The number of likely N-dealkylation sites (N-methyl/N-ethyl adjacent to an activating group) is 1. The first-order chi connectivity index (χ1) is 13.1. The fraction of sp³-hybridized carbons (Fsp3) is 0.905. The van der Waals surface area contributed by atoms with Gasteiger partial charge in [-0.25, -0.2) is 0 Å². The van der Waals surface area contributed by atoms with Gasteiger partial charge in [-0.15, -0.1) is 0 Å². The third-order valence-corrected chi connectivity index (χ3v) is 5.11. The number of carbonyl (C=O) groups is 2. The van der Waals surface area contributed by atoms with Gasteiger partial charge in [0.1, 0.15) is 19.3 Å². The van der Waals surface area contributed by atoms with Crippen molar-refractivity contribution in [3.8, 4) is 0 Å². The van der Waals surface area contributed by atoms with E-state index >= 15 is 0 Å². The summed E-state index contributed by atoms with van der Waals surface area (Å²) in [6.07, 6.45) is 5.79. The second-order valence-corrected chi connectivity index (χ2v) is 8.55. The Morgan fingerprint density at radius 3 is 2.14 bits per heavy atom. The highest BCUT2D eigenvalue weighted by molar-refractivity contribution is 5.75. The molecule has 0 spiro atoms. The van der Waals surface area contributed by atoms with E-state index in [2.05, 4.69) is 6.92 Å². The summed E-state index contributed by atoms with van der Waals surface area (Å²) in [6.45, 7) is 8.41. The zero-order valence-electron chi connectivity index (χ0n) is 18.5. The number of hydrogen-bond acceptors (Lipinski definition) is 7. The Balaban J connectivity index is 2.55. The summed E-state index contributed by atoms with van der Waals surface area (Å²) in [7, 11) is 3.64. The molecule has 0 amide bonds. The third kappa shape index (κ3) is 8.88. The number of ether oxygens (including phenoxy) is 4. The summed E-state index contributed by atoms with van der Waals surface area (Å²) in [5.74, 6) is -1.25. The SMILES string of the molecule is CCCCCCCC(=O)OCC1(COC(=O)C(C)N(C)C)COC(C)(C)OC1. The topological polar surface area (TPSA) is 74.3 Å². The van der Waals surface area contributed by atoms with E-state index < -0.39 is 11.2 Å². The van der Waals surface area contributed by atoms with Gasteiger partial charge in [-0.1, -0.05) is 32.6 Å². The number of nitrogens with zero attached hydrogens (tertiary/aromatic N) is 1. The van der Waals surface area contributed by atoms with E-state index in [0.29, 0.717) is 19.6 Å². The molecule has 0 aromatic rings. The summed E-state index contributed by atoms with van der Waals surface area (Å²) in [5, 5.41) is 0. The van der Waals surface area contributed by atoms with E-state index in [0.717, 1.165) is 19.3 Å². The van der Waals surface area contributed by atoms with Crippen LogP contribution in [0.4, 0.5) is 0 Å². The second kappa shape index (κ2) is 11.7. The average molecular weight is 402 g/mol. The first-order valence-corrected chi connectivity index (χ1v) is 10.4. The van der Waals surface area contributed by atoms with E-state index in [1.807, 2.05) is 27.9 Å². The molecule has 7 heteroatoms. The molecule has 0 aromatic heterocycles. The Labute approximate surface area is 170 Å². The van der Waals surface area contributed by atoms with Gasteiger partial charge in [-0.05, 0) is 41.3 Å². The summed E-state index contributed by atoms with van der Waals surface area (Å²) in [5.41, 5.74) is -0.685. The molecule has 1 heterocycles. The largest absolute Gasteiger partial charge is 0.465 e. The molecule has 1 fully saturated rings. The normalized spacial score (nSPS) is 19.2. The lowest BCUT2D eigenvalue weighted by atomic mass is 9.91. The first-order valence-electron chi connectivity index (χ1n) is 10.4. The molecule has 164 valence electrons. The summed E-state index contributed by atoms with van der Waals surface area (Å²) < 4.78 is 22.5. The molecule has 1 aliphatic rings. The lowest BCUT2D eigenvalue weighted by molar-refractivity contribution is -0.296.